The van der Waals surface area contributed by atoms with E-state index in [1.165, 1.54) is 25.6 Å². The molecule has 2 rings (SSSR count). The molecule has 2 aromatic rings. The molecule has 0 amide bonds. The Kier molecular flexibility index (Phi) is 3.52. The minimum Gasteiger partial charge on any atom is -0.480 e. The van der Waals surface area contributed by atoms with Crippen LogP contribution in [0.25, 0.3) is 0 Å². The lowest BCUT2D eigenvalue weighted by Crippen LogP contribution is -2.21. The number of rotatable bonds is 4. The zero-order valence-electron chi connectivity index (χ0n) is 9.95. The maximum Gasteiger partial charge on any atom is 0.267 e. The van der Waals surface area contributed by atoms with Gasteiger partial charge in [0, 0.05) is 24.7 Å². The van der Waals surface area contributed by atoms with Crippen molar-refractivity contribution in [3.8, 4) is 5.88 Å². The van der Waals surface area contributed by atoms with Gasteiger partial charge >= 0.3 is 0 Å². The summed E-state index contributed by atoms with van der Waals surface area (Å²) in [7, 11) is -2.62. The molecule has 0 saturated carbocycles. The maximum atomic E-state index is 12.1. The molecule has 2 aromatic heterocycles. The molecule has 0 unspecified atom stereocenters. The Labute approximate surface area is 109 Å². The summed E-state index contributed by atoms with van der Waals surface area (Å²) >= 11 is 0. The Morgan fingerprint density at radius 1 is 1.37 bits per heavy atom. The summed E-state index contributed by atoms with van der Waals surface area (Å²) in [6.07, 6.45) is 3.94. The Morgan fingerprint density at radius 2 is 2.16 bits per heavy atom. The second-order valence-corrected chi connectivity index (χ2v) is 5.19. The van der Waals surface area contributed by atoms with E-state index in [1.807, 2.05) is 0 Å². The fourth-order valence-electron chi connectivity index (χ4n) is 1.44. The van der Waals surface area contributed by atoms with Crippen LogP contribution < -0.4 is 14.9 Å². The molecule has 2 heterocycles. The molecule has 0 bridgehead atoms. The third-order valence-corrected chi connectivity index (χ3v) is 3.67. The van der Waals surface area contributed by atoms with Gasteiger partial charge in [-0.1, -0.05) is 0 Å². The molecule has 0 aliphatic heterocycles. The Bertz CT molecular complexity index is 739. The molecule has 0 fully saturated rings. The van der Waals surface area contributed by atoms with Crippen LogP contribution >= 0.6 is 0 Å². The number of hydrogen-bond acceptors (Lipinski definition) is 5. The molecule has 0 aliphatic carbocycles. The van der Waals surface area contributed by atoms with Crippen molar-refractivity contribution in [2.45, 2.75) is 4.90 Å². The molecule has 0 aliphatic rings. The van der Waals surface area contributed by atoms with Gasteiger partial charge in [-0.05, 0) is 12.1 Å². The van der Waals surface area contributed by atoms with E-state index in [0.29, 0.717) is 0 Å². The number of hydrogen-bond donors (Lipinski definition) is 2. The van der Waals surface area contributed by atoms with Crippen molar-refractivity contribution in [3.05, 3.63) is 47.0 Å². The average Bonchev–Trinajstić information content (AvgIpc) is 2.39. The first-order chi connectivity index (χ1) is 9.04. The first-order valence-corrected chi connectivity index (χ1v) is 6.72. The molecule has 0 atom stereocenters. The number of ether oxygens (including phenoxy) is 1. The molecular weight excluding hydrogens is 270 g/mol. The van der Waals surface area contributed by atoms with Crippen molar-refractivity contribution in [3.63, 3.8) is 0 Å². The zero-order chi connectivity index (χ0) is 13.9. The highest BCUT2D eigenvalue weighted by Gasteiger charge is 2.19. The summed E-state index contributed by atoms with van der Waals surface area (Å²) in [4.78, 5) is 17.6. The molecule has 2 N–H and O–H groups in total. The Hall–Kier alpha value is -2.35. The van der Waals surface area contributed by atoms with Gasteiger partial charge in [-0.25, -0.2) is 13.4 Å². The molecule has 100 valence electrons. The summed E-state index contributed by atoms with van der Waals surface area (Å²) in [6, 6.07) is 4.17. The number of H-pyrrole nitrogens is 1. The van der Waals surface area contributed by atoms with Crippen LogP contribution in [-0.4, -0.2) is 25.5 Å². The Balaban J connectivity index is 2.43. The first kappa shape index (κ1) is 13.1. The molecule has 8 heteroatoms. The molecule has 7 nitrogen and oxygen atoms in total. The highest BCUT2D eigenvalue weighted by molar-refractivity contribution is 7.92. The number of pyridine rings is 2. The standard InChI is InChI=1S/C11H11N3O4S/c1-18-11-8(3-2-5-13-11)14-19(16,17)10-7-12-6-4-9(10)15/h2-7,14H,1H3,(H,12,15). The van der Waals surface area contributed by atoms with E-state index in [0.717, 1.165) is 12.3 Å². The van der Waals surface area contributed by atoms with E-state index >= 15 is 0 Å². The van der Waals surface area contributed by atoms with E-state index in [-0.39, 0.29) is 16.5 Å². The number of anilines is 1. The van der Waals surface area contributed by atoms with Gasteiger partial charge in [-0.2, -0.15) is 0 Å². The normalized spacial score (nSPS) is 11.0. The fourth-order valence-corrected chi connectivity index (χ4v) is 2.55. The van der Waals surface area contributed by atoms with E-state index in [1.54, 1.807) is 6.07 Å². The van der Waals surface area contributed by atoms with Crippen LogP contribution in [0.4, 0.5) is 5.69 Å². The highest BCUT2D eigenvalue weighted by atomic mass is 32.2. The summed E-state index contributed by atoms with van der Waals surface area (Å²) in [6.45, 7) is 0. The second kappa shape index (κ2) is 5.11. The smallest absolute Gasteiger partial charge is 0.267 e. The molecule has 0 saturated heterocycles. The van der Waals surface area contributed by atoms with Gasteiger partial charge in [0.2, 0.25) is 11.3 Å². The zero-order valence-corrected chi connectivity index (χ0v) is 10.8. The van der Waals surface area contributed by atoms with Gasteiger partial charge in [-0.3, -0.25) is 9.52 Å². The summed E-state index contributed by atoms with van der Waals surface area (Å²) < 4.78 is 31.3. The number of sulfonamides is 1. The topological polar surface area (TPSA) is 101 Å². The third-order valence-electron chi connectivity index (χ3n) is 2.29. The van der Waals surface area contributed by atoms with Gasteiger partial charge < -0.3 is 9.72 Å². The summed E-state index contributed by atoms with van der Waals surface area (Å²) in [5.41, 5.74) is -0.442. The van der Waals surface area contributed by atoms with E-state index in [9.17, 15) is 13.2 Å². The average molecular weight is 281 g/mol. The predicted molar refractivity (Wildman–Crippen MR) is 68.7 cm³/mol. The lowest BCUT2D eigenvalue weighted by Gasteiger charge is -2.09. The van der Waals surface area contributed by atoms with Crippen molar-refractivity contribution in [2.75, 3.05) is 11.8 Å². The minimum atomic E-state index is -3.99. The van der Waals surface area contributed by atoms with Gasteiger partial charge in [0.1, 0.15) is 5.69 Å². The molecule has 0 aromatic carbocycles. The quantitative estimate of drug-likeness (QED) is 0.853. The monoisotopic (exact) mass is 281 g/mol. The van der Waals surface area contributed by atoms with Crippen LogP contribution in [0.1, 0.15) is 0 Å². The number of nitrogens with zero attached hydrogens (tertiary/aromatic N) is 1. The van der Waals surface area contributed by atoms with Gasteiger partial charge in [0.05, 0.1) is 7.11 Å². The third kappa shape index (κ3) is 2.74. The molecule has 0 radical (unpaired) electrons. The van der Waals surface area contributed by atoms with Crippen molar-refractivity contribution in [1.82, 2.24) is 9.97 Å². The molecule has 19 heavy (non-hydrogen) atoms. The number of nitrogens with one attached hydrogen (secondary N) is 2. The van der Waals surface area contributed by atoms with Crippen LogP contribution in [0.15, 0.2) is 46.5 Å². The largest absolute Gasteiger partial charge is 0.480 e. The van der Waals surface area contributed by atoms with Crippen molar-refractivity contribution < 1.29 is 13.2 Å². The van der Waals surface area contributed by atoms with Crippen molar-refractivity contribution >= 4 is 15.7 Å². The lowest BCUT2D eigenvalue weighted by molar-refractivity contribution is 0.400. The Morgan fingerprint density at radius 3 is 2.84 bits per heavy atom. The van der Waals surface area contributed by atoms with Crippen molar-refractivity contribution in [1.29, 1.82) is 0 Å². The minimum absolute atomic E-state index is 0.124. The SMILES string of the molecule is COc1ncccc1NS(=O)(=O)c1c[nH]ccc1=O. The number of aromatic amines is 1. The summed E-state index contributed by atoms with van der Waals surface area (Å²) in [5, 5.41) is 0. The van der Waals surface area contributed by atoms with Crippen molar-refractivity contribution in [2.24, 2.45) is 0 Å². The second-order valence-electron chi connectivity index (χ2n) is 3.54. The number of methoxy groups -OCH3 is 1. The van der Waals surface area contributed by atoms with Gasteiger partial charge in [0.25, 0.3) is 10.0 Å². The van der Waals surface area contributed by atoms with E-state index in [2.05, 4.69) is 14.7 Å². The van der Waals surface area contributed by atoms with Crippen LogP contribution in [0.2, 0.25) is 0 Å². The van der Waals surface area contributed by atoms with Crippen LogP contribution in [0.3, 0.4) is 0 Å². The van der Waals surface area contributed by atoms with Gasteiger partial charge in [0.15, 0.2) is 4.90 Å². The predicted octanol–water partition coefficient (Wildman–Crippen LogP) is 0.579. The van der Waals surface area contributed by atoms with E-state index < -0.39 is 15.5 Å². The lowest BCUT2D eigenvalue weighted by atomic mass is 10.4. The maximum absolute atomic E-state index is 12.1. The summed E-state index contributed by atoms with van der Waals surface area (Å²) in [5.74, 6) is 0.124. The number of aromatic nitrogens is 2. The van der Waals surface area contributed by atoms with E-state index in [4.69, 9.17) is 4.74 Å². The molecule has 0 spiro atoms. The first-order valence-electron chi connectivity index (χ1n) is 5.23. The van der Waals surface area contributed by atoms with Crippen LogP contribution in [-0.2, 0) is 10.0 Å². The van der Waals surface area contributed by atoms with Crippen LogP contribution in [0, 0.1) is 0 Å². The van der Waals surface area contributed by atoms with Crippen LogP contribution in [0.5, 0.6) is 5.88 Å². The molecular formula is C11H11N3O4S. The van der Waals surface area contributed by atoms with Gasteiger partial charge in [-0.15, -0.1) is 0 Å². The fraction of sp³-hybridized carbons (Fsp3) is 0.0909. The highest BCUT2D eigenvalue weighted by Crippen LogP contribution is 2.22.